The van der Waals surface area contributed by atoms with E-state index in [9.17, 15) is 9.59 Å². The van der Waals surface area contributed by atoms with Crippen molar-refractivity contribution in [3.63, 3.8) is 0 Å². The molecule has 0 unspecified atom stereocenters. The minimum absolute atomic E-state index is 0.0574. The van der Waals surface area contributed by atoms with E-state index >= 15 is 0 Å². The van der Waals surface area contributed by atoms with Crippen LogP contribution in [0.2, 0.25) is 0 Å². The van der Waals surface area contributed by atoms with Crippen molar-refractivity contribution >= 4 is 28.6 Å². The maximum Gasteiger partial charge on any atom is 0.230 e. The molecule has 0 saturated carbocycles. The third-order valence-corrected chi connectivity index (χ3v) is 3.65. The number of piperidine rings is 1. The molecule has 1 aliphatic heterocycles. The highest BCUT2D eigenvalue weighted by Crippen LogP contribution is 2.32. The van der Waals surface area contributed by atoms with E-state index < -0.39 is 0 Å². The SMILES string of the molecule is CC1(C)CC(=O)N(Cc2nc3c(N)cccc3o2)C(=O)C1. The molecular weight excluding hydrogens is 270 g/mol. The molecule has 1 aliphatic rings. The van der Waals surface area contributed by atoms with Crippen LogP contribution in [0.15, 0.2) is 22.6 Å². The fraction of sp³-hybridized carbons (Fsp3) is 0.400. The molecule has 110 valence electrons. The summed E-state index contributed by atoms with van der Waals surface area (Å²) >= 11 is 0. The second-order valence-corrected chi connectivity index (χ2v) is 6.19. The molecule has 1 aromatic carbocycles. The number of hydrogen-bond acceptors (Lipinski definition) is 5. The molecule has 2 aromatic rings. The normalized spacial score (nSPS) is 18.5. The standard InChI is InChI=1S/C15H17N3O3/c1-15(2)6-12(19)18(13(20)7-15)8-11-17-14-9(16)4-3-5-10(14)21-11/h3-5H,6-8,16H2,1-2H3. The van der Waals surface area contributed by atoms with Crippen molar-refractivity contribution in [2.24, 2.45) is 5.41 Å². The fourth-order valence-corrected chi connectivity index (χ4v) is 2.61. The molecule has 1 fully saturated rings. The molecule has 1 saturated heterocycles. The third-order valence-electron chi connectivity index (χ3n) is 3.65. The van der Waals surface area contributed by atoms with Crippen LogP contribution < -0.4 is 5.73 Å². The summed E-state index contributed by atoms with van der Waals surface area (Å²) in [6.07, 6.45) is 0.697. The van der Waals surface area contributed by atoms with E-state index in [1.54, 1.807) is 18.2 Å². The summed E-state index contributed by atoms with van der Waals surface area (Å²) in [6.45, 7) is 3.89. The van der Waals surface area contributed by atoms with Gasteiger partial charge in [0.1, 0.15) is 12.1 Å². The summed E-state index contributed by atoms with van der Waals surface area (Å²) in [7, 11) is 0. The molecule has 0 bridgehead atoms. The second kappa shape index (κ2) is 4.58. The number of aromatic nitrogens is 1. The van der Waals surface area contributed by atoms with E-state index in [-0.39, 0.29) is 23.8 Å². The molecule has 1 aromatic heterocycles. The molecule has 0 radical (unpaired) electrons. The number of para-hydroxylation sites is 1. The molecule has 0 atom stereocenters. The third kappa shape index (κ3) is 2.49. The molecule has 2 heterocycles. The molecule has 21 heavy (non-hydrogen) atoms. The first-order valence-electron chi connectivity index (χ1n) is 6.83. The largest absolute Gasteiger partial charge is 0.439 e. The van der Waals surface area contributed by atoms with E-state index in [0.29, 0.717) is 35.5 Å². The van der Waals surface area contributed by atoms with Gasteiger partial charge in [-0.15, -0.1) is 0 Å². The van der Waals surface area contributed by atoms with Gasteiger partial charge < -0.3 is 10.2 Å². The summed E-state index contributed by atoms with van der Waals surface area (Å²) < 4.78 is 5.56. The Morgan fingerprint density at radius 2 is 1.95 bits per heavy atom. The van der Waals surface area contributed by atoms with Crippen LogP contribution >= 0.6 is 0 Å². The zero-order valence-electron chi connectivity index (χ0n) is 12.0. The summed E-state index contributed by atoms with van der Waals surface area (Å²) in [5.41, 5.74) is 7.17. The number of nitrogens with zero attached hydrogens (tertiary/aromatic N) is 2. The van der Waals surface area contributed by atoms with Crippen molar-refractivity contribution < 1.29 is 14.0 Å². The van der Waals surface area contributed by atoms with Gasteiger partial charge in [0, 0.05) is 12.8 Å². The van der Waals surface area contributed by atoms with Crippen molar-refractivity contribution in [3.8, 4) is 0 Å². The number of oxazole rings is 1. The van der Waals surface area contributed by atoms with Crippen molar-refractivity contribution in [2.45, 2.75) is 33.2 Å². The van der Waals surface area contributed by atoms with E-state index in [2.05, 4.69) is 4.98 Å². The Morgan fingerprint density at radius 3 is 2.57 bits per heavy atom. The van der Waals surface area contributed by atoms with Gasteiger partial charge in [-0.3, -0.25) is 14.5 Å². The second-order valence-electron chi connectivity index (χ2n) is 6.19. The lowest BCUT2D eigenvalue weighted by atomic mass is 9.82. The van der Waals surface area contributed by atoms with Gasteiger partial charge in [0.05, 0.1) is 5.69 Å². The van der Waals surface area contributed by atoms with Gasteiger partial charge in [0.25, 0.3) is 0 Å². The zero-order chi connectivity index (χ0) is 15.2. The number of carbonyl (C=O) groups excluding carboxylic acids is 2. The van der Waals surface area contributed by atoms with Gasteiger partial charge in [0.15, 0.2) is 5.58 Å². The molecule has 6 nitrogen and oxygen atoms in total. The van der Waals surface area contributed by atoms with Crippen LogP contribution in [0.1, 0.15) is 32.6 Å². The average molecular weight is 287 g/mol. The summed E-state index contributed by atoms with van der Waals surface area (Å²) in [4.78, 5) is 29.7. The molecular formula is C15H17N3O3. The highest BCUT2D eigenvalue weighted by Gasteiger charge is 2.37. The lowest BCUT2D eigenvalue weighted by Crippen LogP contribution is -2.45. The van der Waals surface area contributed by atoms with Gasteiger partial charge in [0.2, 0.25) is 17.7 Å². The Balaban J connectivity index is 1.87. The van der Waals surface area contributed by atoms with E-state index in [4.69, 9.17) is 10.2 Å². The summed E-state index contributed by atoms with van der Waals surface area (Å²) in [6, 6.07) is 5.26. The smallest absolute Gasteiger partial charge is 0.230 e. The van der Waals surface area contributed by atoms with Crippen LogP contribution in [0.4, 0.5) is 5.69 Å². The number of carbonyl (C=O) groups is 2. The number of benzene rings is 1. The van der Waals surface area contributed by atoms with Crippen LogP contribution in [0.5, 0.6) is 0 Å². The first kappa shape index (κ1) is 13.6. The Morgan fingerprint density at radius 1 is 1.29 bits per heavy atom. The molecule has 2 amide bonds. The first-order chi connectivity index (χ1) is 9.85. The maximum atomic E-state index is 12.1. The summed E-state index contributed by atoms with van der Waals surface area (Å²) in [5.74, 6) is -0.0535. The van der Waals surface area contributed by atoms with Crippen molar-refractivity contribution in [2.75, 3.05) is 5.73 Å². The van der Waals surface area contributed by atoms with Crippen LogP contribution in [-0.4, -0.2) is 21.7 Å². The van der Waals surface area contributed by atoms with Gasteiger partial charge in [-0.05, 0) is 17.5 Å². The lowest BCUT2D eigenvalue weighted by Gasteiger charge is -2.33. The van der Waals surface area contributed by atoms with E-state index in [1.807, 2.05) is 13.8 Å². The molecule has 6 heteroatoms. The van der Waals surface area contributed by atoms with Gasteiger partial charge in [-0.1, -0.05) is 19.9 Å². The maximum absolute atomic E-state index is 12.1. The van der Waals surface area contributed by atoms with Gasteiger partial charge in [-0.25, -0.2) is 4.98 Å². The number of rotatable bonds is 2. The Kier molecular flexibility index (Phi) is 2.97. The number of nitrogens with two attached hydrogens (primary N) is 1. The fourth-order valence-electron chi connectivity index (χ4n) is 2.61. The van der Waals surface area contributed by atoms with Crippen LogP contribution in [0, 0.1) is 5.41 Å². The Bertz CT molecular complexity index is 713. The van der Waals surface area contributed by atoms with Crippen LogP contribution in [0.3, 0.4) is 0 Å². The minimum Gasteiger partial charge on any atom is -0.439 e. The Hall–Kier alpha value is -2.37. The highest BCUT2D eigenvalue weighted by atomic mass is 16.3. The summed E-state index contributed by atoms with van der Waals surface area (Å²) in [5, 5.41) is 0. The number of nitrogen functional groups attached to an aromatic ring is 1. The van der Waals surface area contributed by atoms with Gasteiger partial charge in [-0.2, -0.15) is 0 Å². The van der Waals surface area contributed by atoms with Crippen LogP contribution in [-0.2, 0) is 16.1 Å². The first-order valence-corrected chi connectivity index (χ1v) is 6.83. The predicted molar refractivity (Wildman–Crippen MR) is 77.0 cm³/mol. The van der Waals surface area contributed by atoms with E-state index in [1.165, 1.54) is 4.90 Å². The number of hydrogen-bond donors (Lipinski definition) is 1. The quantitative estimate of drug-likeness (QED) is 0.674. The lowest BCUT2D eigenvalue weighted by molar-refractivity contribution is -0.153. The predicted octanol–water partition coefficient (Wildman–Crippen LogP) is 2.09. The zero-order valence-corrected chi connectivity index (χ0v) is 12.0. The van der Waals surface area contributed by atoms with E-state index in [0.717, 1.165) is 0 Å². The number of likely N-dealkylation sites (tertiary alicyclic amines) is 1. The number of amides is 2. The average Bonchev–Trinajstić information content (AvgIpc) is 2.77. The van der Waals surface area contributed by atoms with Gasteiger partial charge >= 0.3 is 0 Å². The number of imide groups is 1. The van der Waals surface area contributed by atoms with Crippen molar-refractivity contribution in [3.05, 3.63) is 24.1 Å². The highest BCUT2D eigenvalue weighted by molar-refractivity contribution is 5.98. The van der Waals surface area contributed by atoms with Crippen molar-refractivity contribution in [1.29, 1.82) is 0 Å². The Labute approximate surface area is 121 Å². The number of anilines is 1. The van der Waals surface area contributed by atoms with Crippen LogP contribution in [0.25, 0.3) is 11.1 Å². The van der Waals surface area contributed by atoms with Crippen molar-refractivity contribution in [1.82, 2.24) is 9.88 Å². The molecule has 0 aliphatic carbocycles. The number of fused-ring (bicyclic) bond motifs is 1. The molecule has 3 rings (SSSR count). The topological polar surface area (TPSA) is 89.4 Å². The molecule has 2 N–H and O–H groups in total. The monoisotopic (exact) mass is 287 g/mol. The minimum atomic E-state index is -0.281. The molecule has 0 spiro atoms.